The summed E-state index contributed by atoms with van der Waals surface area (Å²) in [6.45, 7) is 3.97. The maximum absolute atomic E-state index is 7.58. The first-order valence-corrected chi connectivity index (χ1v) is 5.79. The van der Waals surface area contributed by atoms with Gasteiger partial charge in [0.05, 0.1) is 0 Å². The molecule has 0 saturated carbocycles. The molecule has 0 bridgehead atoms. The van der Waals surface area contributed by atoms with Crippen molar-refractivity contribution in [3.05, 3.63) is 52.7 Å². The molecule has 0 fully saturated rings. The van der Waals surface area contributed by atoms with Crippen molar-refractivity contribution >= 4 is 0 Å². The molecule has 0 radical (unpaired) electrons. The molecule has 2 rings (SSSR count). The van der Waals surface area contributed by atoms with Crippen molar-refractivity contribution in [3.8, 4) is 11.3 Å². The molecule has 0 aliphatic carbocycles. The molecule has 1 heterocycles. The van der Waals surface area contributed by atoms with Crippen LogP contribution in [0.25, 0.3) is 11.3 Å². The summed E-state index contributed by atoms with van der Waals surface area (Å²) < 4.78 is 24.6. The average molecular weight is 229 g/mol. The zero-order valence-corrected chi connectivity index (χ0v) is 10.8. The standard InChI is InChI=1S/C16H20N/c1-11-7-6-8-15(14(11)4)16-9-12(2)13(3)10-17(16)5/h6-10H,1-5H3/q+1/i3D3. The van der Waals surface area contributed by atoms with Gasteiger partial charge in [-0.15, -0.1) is 0 Å². The van der Waals surface area contributed by atoms with Crippen LogP contribution in [-0.2, 0) is 7.05 Å². The molecular formula is C16H20N+. The molecule has 0 aliphatic rings. The summed E-state index contributed by atoms with van der Waals surface area (Å²) >= 11 is 0. The summed E-state index contributed by atoms with van der Waals surface area (Å²) in [7, 11) is 1.89. The van der Waals surface area contributed by atoms with Crippen LogP contribution in [0.5, 0.6) is 0 Å². The summed E-state index contributed by atoms with van der Waals surface area (Å²) in [5.74, 6) is 0. The Hall–Kier alpha value is -1.63. The van der Waals surface area contributed by atoms with E-state index < -0.39 is 6.85 Å². The highest BCUT2D eigenvalue weighted by Gasteiger charge is 2.14. The first-order valence-electron chi connectivity index (χ1n) is 7.29. The predicted octanol–water partition coefficient (Wildman–Crippen LogP) is 3.41. The maximum atomic E-state index is 7.58. The summed E-state index contributed by atoms with van der Waals surface area (Å²) in [5, 5.41) is 0. The highest BCUT2D eigenvalue weighted by Crippen LogP contribution is 2.23. The van der Waals surface area contributed by atoms with Gasteiger partial charge in [-0.25, -0.2) is 4.57 Å². The summed E-state index contributed by atoms with van der Waals surface area (Å²) in [6.07, 6.45) is 1.72. The van der Waals surface area contributed by atoms with E-state index in [0.29, 0.717) is 5.56 Å². The molecule has 0 unspecified atom stereocenters. The SMILES string of the molecule is [2H]C([2H])([2H])c1c[n+](C)c(-c2cccc(C)c2C)cc1C. The van der Waals surface area contributed by atoms with Gasteiger partial charge in [0.2, 0.25) is 5.69 Å². The van der Waals surface area contributed by atoms with E-state index >= 15 is 0 Å². The molecule has 0 amide bonds. The molecule has 88 valence electrons. The number of hydrogen-bond acceptors (Lipinski definition) is 0. The van der Waals surface area contributed by atoms with Crippen molar-refractivity contribution in [2.75, 3.05) is 0 Å². The molecule has 2 aromatic rings. The van der Waals surface area contributed by atoms with E-state index in [-0.39, 0.29) is 0 Å². The van der Waals surface area contributed by atoms with Gasteiger partial charge in [0.15, 0.2) is 6.20 Å². The van der Waals surface area contributed by atoms with Crippen LogP contribution in [0, 0.1) is 27.6 Å². The number of hydrogen-bond donors (Lipinski definition) is 0. The Kier molecular flexibility index (Phi) is 2.15. The normalized spacial score (nSPS) is 14.0. The summed E-state index contributed by atoms with van der Waals surface area (Å²) in [6, 6.07) is 8.16. The van der Waals surface area contributed by atoms with E-state index in [4.69, 9.17) is 4.11 Å². The van der Waals surface area contributed by atoms with Crippen molar-refractivity contribution < 1.29 is 8.68 Å². The molecule has 0 saturated heterocycles. The van der Waals surface area contributed by atoms with Gasteiger partial charge in [-0.05, 0) is 50.4 Å². The summed E-state index contributed by atoms with van der Waals surface area (Å²) in [4.78, 5) is 0. The second kappa shape index (κ2) is 4.33. The monoisotopic (exact) mass is 229 g/mol. The fourth-order valence-corrected chi connectivity index (χ4v) is 2.05. The second-order valence-corrected chi connectivity index (χ2v) is 4.61. The van der Waals surface area contributed by atoms with Gasteiger partial charge in [-0.3, -0.25) is 0 Å². The lowest BCUT2D eigenvalue weighted by Gasteiger charge is -2.08. The van der Waals surface area contributed by atoms with Gasteiger partial charge in [-0.2, -0.15) is 0 Å². The van der Waals surface area contributed by atoms with Crippen LogP contribution in [0.1, 0.15) is 26.4 Å². The van der Waals surface area contributed by atoms with Gasteiger partial charge in [0.25, 0.3) is 0 Å². The zero-order chi connectivity index (χ0) is 15.1. The van der Waals surface area contributed by atoms with Crippen LogP contribution in [0.15, 0.2) is 30.5 Å². The molecule has 1 aromatic carbocycles. The van der Waals surface area contributed by atoms with Crippen molar-refractivity contribution in [2.45, 2.75) is 27.6 Å². The fraction of sp³-hybridized carbons (Fsp3) is 0.312. The topological polar surface area (TPSA) is 3.88 Å². The number of benzene rings is 1. The van der Waals surface area contributed by atoms with E-state index in [2.05, 4.69) is 26.0 Å². The Balaban J connectivity index is 2.66. The Morgan fingerprint density at radius 2 is 1.82 bits per heavy atom. The Bertz CT molecular complexity index is 658. The van der Waals surface area contributed by atoms with Crippen LogP contribution in [0.4, 0.5) is 0 Å². The number of nitrogens with zero attached hydrogens (tertiary/aromatic N) is 1. The minimum atomic E-state index is -2.07. The van der Waals surface area contributed by atoms with Crippen molar-refractivity contribution in [1.29, 1.82) is 0 Å². The van der Waals surface area contributed by atoms with E-state index in [1.165, 1.54) is 11.1 Å². The Morgan fingerprint density at radius 1 is 1.06 bits per heavy atom. The van der Waals surface area contributed by atoms with Gasteiger partial charge >= 0.3 is 0 Å². The third-order valence-electron chi connectivity index (χ3n) is 3.36. The quantitative estimate of drug-likeness (QED) is 0.660. The van der Waals surface area contributed by atoms with E-state index in [1.54, 1.807) is 6.20 Å². The molecular weight excluding hydrogens is 206 g/mol. The second-order valence-electron chi connectivity index (χ2n) is 4.61. The van der Waals surface area contributed by atoms with Crippen molar-refractivity contribution in [1.82, 2.24) is 0 Å². The fourth-order valence-electron chi connectivity index (χ4n) is 2.05. The van der Waals surface area contributed by atoms with E-state index in [1.807, 2.05) is 30.7 Å². The third-order valence-corrected chi connectivity index (χ3v) is 3.36. The third kappa shape index (κ3) is 2.10. The molecule has 0 atom stereocenters. The lowest BCUT2D eigenvalue weighted by Crippen LogP contribution is -2.31. The van der Waals surface area contributed by atoms with Crippen molar-refractivity contribution in [2.24, 2.45) is 7.05 Å². The minimum Gasteiger partial charge on any atom is -0.201 e. The van der Waals surface area contributed by atoms with Crippen LogP contribution in [-0.4, -0.2) is 0 Å². The highest BCUT2D eigenvalue weighted by atomic mass is 14.9. The van der Waals surface area contributed by atoms with E-state index in [9.17, 15) is 0 Å². The van der Waals surface area contributed by atoms with Gasteiger partial charge in [0, 0.05) is 21.3 Å². The first-order chi connectivity index (χ1) is 9.21. The van der Waals surface area contributed by atoms with Crippen LogP contribution >= 0.6 is 0 Å². The lowest BCUT2D eigenvalue weighted by molar-refractivity contribution is -0.660. The van der Waals surface area contributed by atoms with Crippen LogP contribution < -0.4 is 4.57 Å². The molecule has 1 heteroatoms. The number of aromatic nitrogens is 1. The van der Waals surface area contributed by atoms with Crippen molar-refractivity contribution in [3.63, 3.8) is 0 Å². The number of aryl methyl sites for hydroxylation is 4. The summed E-state index contributed by atoms with van der Waals surface area (Å²) in [5.41, 5.74) is 5.86. The molecule has 1 nitrogen and oxygen atoms in total. The smallest absolute Gasteiger partial charge is 0.201 e. The average Bonchev–Trinajstić information content (AvgIpc) is 2.34. The Labute approximate surface area is 108 Å². The van der Waals surface area contributed by atoms with Gasteiger partial charge in [0.1, 0.15) is 7.05 Å². The zero-order valence-electron chi connectivity index (χ0n) is 13.8. The molecule has 0 N–H and O–H groups in total. The highest BCUT2D eigenvalue weighted by molar-refractivity contribution is 5.63. The molecule has 0 aliphatic heterocycles. The number of rotatable bonds is 1. The Morgan fingerprint density at radius 3 is 2.53 bits per heavy atom. The molecule has 0 spiro atoms. The number of pyridine rings is 1. The van der Waals surface area contributed by atoms with Gasteiger partial charge < -0.3 is 0 Å². The largest absolute Gasteiger partial charge is 0.212 e. The lowest BCUT2D eigenvalue weighted by atomic mass is 9.99. The minimum absolute atomic E-state index is 0.411. The van der Waals surface area contributed by atoms with E-state index in [0.717, 1.165) is 16.8 Å². The van der Waals surface area contributed by atoms with Crippen LogP contribution in [0.3, 0.4) is 0 Å². The first kappa shape index (κ1) is 8.46. The van der Waals surface area contributed by atoms with Gasteiger partial charge in [-0.1, -0.05) is 12.1 Å². The maximum Gasteiger partial charge on any atom is 0.212 e. The predicted molar refractivity (Wildman–Crippen MR) is 72.0 cm³/mol. The molecule has 1 aromatic heterocycles. The molecule has 17 heavy (non-hydrogen) atoms. The van der Waals surface area contributed by atoms with Crippen LogP contribution in [0.2, 0.25) is 0 Å².